The van der Waals surface area contributed by atoms with Crippen LogP contribution in [-0.4, -0.2) is 22.9 Å². The van der Waals surface area contributed by atoms with E-state index in [-0.39, 0.29) is 6.10 Å². The Hall–Kier alpha value is -0.0800. The van der Waals surface area contributed by atoms with Gasteiger partial charge in [-0.05, 0) is 19.8 Å². The van der Waals surface area contributed by atoms with Gasteiger partial charge in [0.1, 0.15) is 0 Å². The Morgan fingerprint density at radius 2 is 1.13 bits per heavy atom. The van der Waals surface area contributed by atoms with E-state index in [0.29, 0.717) is 6.61 Å². The minimum atomic E-state index is -0.122. The molecule has 0 spiro atoms. The number of hydrogen-bond acceptors (Lipinski definition) is 2. The summed E-state index contributed by atoms with van der Waals surface area (Å²) in [6.45, 7) is 2.21. The molecule has 0 heterocycles. The van der Waals surface area contributed by atoms with Gasteiger partial charge in [0, 0.05) is 6.61 Å². The SMILES string of the molecule is C[C@H](O)CCCCCCCCCCCO. The Kier molecular flexibility index (Phi) is 11.9. The van der Waals surface area contributed by atoms with Crippen LogP contribution in [0.15, 0.2) is 0 Å². The summed E-state index contributed by atoms with van der Waals surface area (Å²) in [7, 11) is 0. The van der Waals surface area contributed by atoms with E-state index < -0.39 is 0 Å². The fraction of sp³-hybridized carbons (Fsp3) is 1.00. The Labute approximate surface area is 94.7 Å². The highest BCUT2D eigenvalue weighted by Crippen LogP contribution is 2.11. The third kappa shape index (κ3) is 13.9. The monoisotopic (exact) mass is 216 g/mol. The molecule has 92 valence electrons. The third-order valence-electron chi connectivity index (χ3n) is 2.78. The molecule has 0 aliphatic heterocycles. The minimum Gasteiger partial charge on any atom is -0.396 e. The number of unbranched alkanes of at least 4 members (excludes halogenated alkanes) is 8. The van der Waals surface area contributed by atoms with Gasteiger partial charge in [-0.15, -0.1) is 0 Å². The van der Waals surface area contributed by atoms with Crippen LogP contribution in [0, 0.1) is 0 Å². The molecular weight excluding hydrogens is 188 g/mol. The maximum absolute atomic E-state index is 9.06. The molecule has 2 nitrogen and oxygen atoms in total. The molecule has 0 aliphatic rings. The number of aliphatic hydroxyl groups is 2. The van der Waals surface area contributed by atoms with Crippen molar-refractivity contribution in [3.05, 3.63) is 0 Å². The van der Waals surface area contributed by atoms with Crippen molar-refractivity contribution in [2.24, 2.45) is 0 Å². The average molecular weight is 216 g/mol. The number of aliphatic hydroxyl groups excluding tert-OH is 2. The van der Waals surface area contributed by atoms with Gasteiger partial charge in [-0.2, -0.15) is 0 Å². The lowest BCUT2D eigenvalue weighted by molar-refractivity contribution is 0.180. The van der Waals surface area contributed by atoms with Crippen LogP contribution >= 0.6 is 0 Å². The second-order valence-electron chi connectivity index (χ2n) is 4.54. The van der Waals surface area contributed by atoms with Gasteiger partial charge in [0.2, 0.25) is 0 Å². The van der Waals surface area contributed by atoms with E-state index in [2.05, 4.69) is 0 Å². The summed E-state index contributed by atoms with van der Waals surface area (Å²) in [4.78, 5) is 0. The summed E-state index contributed by atoms with van der Waals surface area (Å²) in [6.07, 6.45) is 12.0. The fourth-order valence-corrected chi connectivity index (χ4v) is 1.79. The van der Waals surface area contributed by atoms with Gasteiger partial charge in [0.05, 0.1) is 6.10 Å². The van der Waals surface area contributed by atoms with Gasteiger partial charge in [0.25, 0.3) is 0 Å². The second kappa shape index (κ2) is 12.0. The van der Waals surface area contributed by atoms with Gasteiger partial charge in [-0.1, -0.05) is 51.4 Å². The lowest BCUT2D eigenvalue weighted by Gasteiger charge is -2.04. The first-order valence-electron chi connectivity index (χ1n) is 6.56. The number of rotatable bonds is 11. The smallest absolute Gasteiger partial charge is 0.0512 e. The van der Waals surface area contributed by atoms with Gasteiger partial charge in [0.15, 0.2) is 0 Å². The largest absolute Gasteiger partial charge is 0.396 e. The third-order valence-corrected chi connectivity index (χ3v) is 2.78. The van der Waals surface area contributed by atoms with Crippen LogP contribution in [-0.2, 0) is 0 Å². The molecule has 0 saturated heterocycles. The summed E-state index contributed by atoms with van der Waals surface area (Å²) in [5, 5.41) is 17.6. The predicted octanol–water partition coefficient (Wildman–Crippen LogP) is 3.26. The Morgan fingerprint density at radius 1 is 0.733 bits per heavy atom. The van der Waals surface area contributed by atoms with E-state index in [1.54, 1.807) is 0 Å². The predicted molar refractivity (Wildman–Crippen MR) is 64.9 cm³/mol. The molecule has 2 heteroatoms. The molecule has 0 aromatic carbocycles. The van der Waals surface area contributed by atoms with Gasteiger partial charge < -0.3 is 10.2 Å². The molecule has 0 rings (SSSR count). The van der Waals surface area contributed by atoms with Crippen molar-refractivity contribution in [1.82, 2.24) is 0 Å². The van der Waals surface area contributed by atoms with E-state index in [1.165, 1.54) is 51.4 Å². The van der Waals surface area contributed by atoms with Crippen molar-refractivity contribution < 1.29 is 10.2 Å². The normalized spacial score (nSPS) is 13.0. The molecule has 0 aromatic heterocycles. The average Bonchev–Trinajstić information content (AvgIpc) is 2.20. The molecule has 0 aromatic rings. The van der Waals surface area contributed by atoms with Crippen molar-refractivity contribution in [3.8, 4) is 0 Å². The first kappa shape index (κ1) is 14.9. The van der Waals surface area contributed by atoms with Crippen LogP contribution < -0.4 is 0 Å². The summed E-state index contributed by atoms with van der Waals surface area (Å²) >= 11 is 0. The van der Waals surface area contributed by atoms with Gasteiger partial charge in [-0.25, -0.2) is 0 Å². The van der Waals surface area contributed by atoms with Crippen molar-refractivity contribution in [2.45, 2.75) is 77.2 Å². The first-order valence-corrected chi connectivity index (χ1v) is 6.56. The Balaban J connectivity index is 2.87. The highest BCUT2D eigenvalue weighted by molar-refractivity contribution is 4.50. The van der Waals surface area contributed by atoms with Crippen molar-refractivity contribution in [1.29, 1.82) is 0 Å². The highest BCUT2D eigenvalue weighted by atomic mass is 16.3. The topological polar surface area (TPSA) is 40.5 Å². The Bertz CT molecular complexity index is 113. The zero-order chi connectivity index (χ0) is 11.4. The van der Waals surface area contributed by atoms with Crippen LogP contribution in [0.1, 0.15) is 71.1 Å². The van der Waals surface area contributed by atoms with Crippen LogP contribution in [0.4, 0.5) is 0 Å². The van der Waals surface area contributed by atoms with E-state index in [9.17, 15) is 0 Å². The lowest BCUT2D eigenvalue weighted by atomic mass is 10.1. The first-order chi connectivity index (χ1) is 7.27. The molecule has 15 heavy (non-hydrogen) atoms. The van der Waals surface area contributed by atoms with Gasteiger partial charge >= 0.3 is 0 Å². The van der Waals surface area contributed by atoms with E-state index >= 15 is 0 Å². The number of hydrogen-bond donors (Lipinski definition) is 2. The lowest BCUT2D eigenvalue weighted by Crippen LogP contribution is -1.98. The maximum Gasteiger partial charge on any atom is 0.0512 e. The standard InChI is InChI=1S/C13H28O2/c1-13(15)11-9-7-5-3-2-4-6-8-10-12-14/h13-15H,2-12H2,1H3/t13-/m0/s1. The maximum atomic E-state index is 9.06. The molecule has 0 bridgehead atoms. The van der Waals surface area contributed by atoms with Crippen molar-refractivity contribution in [3.63, 3.8) is 0 Å². The highest BCUT2D eigenvalue weighted by Gasteiger charge is 1.95. The summed E-state index contributed by atoms with van der Waals surface area (Å²) in [5.74, 6) is 0. The van der Waals surface area contributed by atoms with E-state index in [0.717, 1.165) is 12.8 Å². The minimum absolute atomic E-state index is 0.122. The van der Waals surface area contributed by atoms with Crippen molar-refractivity contribution >= 4 is 0 Å². The van der Waals surface area contributed by atoms with Crippen molar-refractivity contribution in [2.75, 3.05) is 6.61 Å². The molecule has 2 N–H and O–H groups in total. The molecule has 0 aliphatic carbocycles. The molecule has 0 amide bonds. The van der Waals surface area contributed by atoms with Crippen LogP contribution in [0.25, 0.3) is 0 Å². The summed E-state index contributed by atoms with van der Waals surface area (Å²) < 4.78 is 0. The molecule has 1 atom stereocenters. The quantitative estimate of drug-likeness (QED) is 0.520. The van der Waals surface area contributed by atoms with Crippen LogP contribution in [0.2, 0.25) is 0 Å². The molecule has 0 saturated carbocycles. The fourth-order valence-electron chi connectivity index (χ4n) is 1.79. The van der Waals surface area contributed by atoms with E-state index in [1.807, 2.05) is 6.92 Å². The van der Waals surface area contributed by atoms with Gasteiger partial charge in [-0.3, -0.25) is 0 Å². The molecular formula is C13H28O2. The molecule has 0 fully saturated rings. The summed E-state index contributed by atoms with van der Waals surface area (Å²) in [6, 6.07) is 0. The second-order valence-corrected chi connectivity index (χ2v) is 4.54. The summed E-state index contributed by atoms with van der Waals surface area (Å²) in [5.41, 5.74) is 0. The zero-order valence-corrected chi connectivity index (χ0v) is 10.2. The molecule has 0 radical (unpaired) electrons. The zero-order valence-electron chi connectivity index (χ0n) is 10.2. The van der Waals surface area contributed by atoms with Crippen LogP contribution in [0.3, 0.4) is 0 Å². The Morgan fingerprint density at radius 3 is 1.53 bits per heavy atom. The van der Waals surface area contributed by atoms with E-state index in [4.69, 9.17) is 10.2 Å². The van der Waals surface area contributed by atoms with Crippen LogP contribution in [0.5, 0.6) is 0 Å². The molecule has 0 unspecified atom stereocenters.